The molecule has 7 atom stereocenters. The van der Waals surface area contributed by atoms with Crippen LogP contribution in [-0.4, -0.2) is 29.8 Å². The van der Waals surface area contributed by atoms with Gasteiger partial charge in [-0.2, -0.15) is 0 Å². The molecule has 0 aromatic heterocycles. The van der Waals surface area contributed by atoms with Crippen LogP contribution in [0.25, 0.3) is 0 Å². The maximum Gasteiger partial charge on any atom is 0.407 e. The van der Waals surface area contributed by atoms with Gasteiger partial charge in [-0.1, -0.05) is 60.1 Å². The molecule has 5 rings (SSSR count). The van der Waals surface area contributed by atoms with E-state index in [0.29, 0.717) is 11.0 Å². The number of allylic oxidation sites excluding steroid dienone is 4. The average Bonchev–Trinajstić information content (AvgIpc) is 2.82. The van der Waals surface area contributed by atoms with Crippen molar-refractivity contribution in [3.8, 4) is 0 Å². The van der Waals surface area contributed by atoms with Crippen LogP contribution in [0.4, 0.5) is 4.79 Å². The molecule has 1 amide bonds. The molecule has 3 saturated carbocycles. The Morgan fingerprint density at radius 3 is 2.27 bits per heavy atom. The highest BCUT2D eigenvalue weighted by Gasteiger charge is 2.69. The van der Waals surface area contributed by atoms with Crippen LogP contribution < -0.4 is 5.32 Å². The normalized spacial score (nSPS) is 43.0. The molecule has 228 valence electrons. The second-order valence-electron chi connectivity index (χ2n) is 17.3. The predicted octanol–water partition coefficient (Wildman–Crippen LogP) is 8.56. The summed E-state index contributed by atoms with van der Waals surface area (Å²) in [7, 11) is 0. The van der Waals surface area contributed by atoms with Gasteiger partial charge in [0.25, 0.3) is 0 Å². The summed E-state index contributed by atoms with van der Waals surface area (Å²) in [5, 5.41) is 3.14. The Morgan fingerprint density at radius 1 is 1.00 bits per heavy atom. The lowest BCUT2D eigenvalue weighted by atomic mass is 9.34. The van der Waals surface area contributed by atoms with E-state index in [4.69, 9.17) is 4.74 Å². The largest absolute Gasteiger partial charge is 0.444 e. The van der Waals surface area contributed by atoms with Gasteiger partial charge in [0.2, 0.25) is 0 Å². The number of alkyl carbamates (subject to hydrolysis) is 1. The van der Waals surface area contributed by atoms with Crippen molar-refractivity contribution in [1.29, 1.82) is 0 Å². The van der Waals surface area contributed by atoms with Gasteiger partial charge in [0.1, 0.15) is 5.60 Å². The Morgan fingerprint density at radius 2 is 1.63 bits per heavy atom. The molecule has 0 unspecified atom stereocenters. The number of ketones is 2. The first-order valence-corrected chi connectivity index (χ1v) is 16.6. The fourth-order valence-corrected chi connectivity index (χ4v) is 11.4. The van der Waals surface area contributed by atoms with Crippen LogP contribution in [0.3, 0.4) is 0 Å². The Kier molecular flexibility index (Phi) is 7.02. The molecule has 1 N–H and O–H groups in total. The van der Waals surface area contributed by atoms with Gasteiger partial charge in [-0.25, -0.2) is 4.79 Å². The third-order valence-corrected chi connectivity index (χ3v) is 13.4. The quantitative estimate of drug-likeness (QED) is 0.332. The first kappa shape index (κ1) is 31.0. The zero-order chi connectivity index (χ0) is 30.6. The van der Waals surface area contributed by atoms with E-state index in [1.165, 1.54) is 5.57 Å². The van der Waals surface area contributed by atoms with Crippen LogP contribution in [0.5, 0.6) is 0 Å². The Balaban J connectivity index is 1.57. The molecule has 0 aromatic rings. The highest BCUT2D eigenvalue weighted by atomic mass is 79.9. The lowest BCUT2D eigenvalue weighted by Crippen LogP contribution is -2.65. The molecule has 0 heterocycles. The lowest BCUT2D eigenvalue weighted by molar-refractivity contribution is -0.170. The van der Waals surface area contributed by atoms with E-state index >= 15 is 0 Å². The summed E-state index contributed by atoms with van der Waals surface area (Å²) in [6.45, 7) is 22.2. The Bertz CT molecular complexity index is 1240. The first-order valence-electron chi connectivity index (χ1n) is 15.8. The smallest absolute Gasteiger partial charge is 0.407 e. The highest BCUT2D eigenvalue weighted by Crippen LogP contribution is 2.74. The van der Waals surface area contributed by atoms with Crippen molar-refractivity contribution in [2.24, 2.45) is 50.2 Å². The SMILES string of the molecule is CC1(C)CC[C@]2(CNC(=O)OC(C)(C)C)CC[C@]3(C)[C@H](C(=O)C=C4[C@@]5(C)C=C(Br)C(=O)C(C)(C)[C@@H]5CC[C@]43C)[C@@H]2C1. The van der Waals surface area contributed by atoms with Gasteiger partial charge in [0, 0.05) is 23.3 Å². The summed E-state index contributed by atoms with van der Waals surface area (Å²) in [6, 6.07) is 0. The minimum atomic E-state index is -0.549. The summed E-state index contributed by atoms with van der Waals surface area (Å²) in [6.07, 6.45) is 10.8. The minimum absolute atomic E-state index is 0.0872. The average molecular weight is 631 g/mol. The monoisotopic (exact) mass is 629 g/mol. The van der Waals surface area contributed by atoms with Gasteiger partial charge in [0.05, 0.1) is 4.48 Å². The molecular weight excluding hydrogens is 578 g/mol. The van der Waals surface area contributed by atoms with Crippen molar-refractivity contribution < 1.29 is 19.1 Å². The van der Waals surface area contributed by atoms with Gasteiger partial charge in [-0.05, 0) is 121 Å². The van der Waals surface area contributed by atoms with Crippen molar-refractivity contribution in [1.82, 2.24) is 5.32 Å². The summed E-state index contributed by atoms with van der Waals surface area (Å²) >= 11 is 3.62. The van der Waals surface area contributed by atoms with Gasteiger partial charge >= 0.3 is 6.09 Å². The number of carbonyl (C=O) groups excluding carboxylic acids is 3. The summed E-state index contributed by atoms with van der Waals surface area (Å²) in [4.78, 5) is 40.6. The third kappa shape index (κ3) is 4.54. The topological polar surface area (TPSA) is 72.5 Å². The zero-order valence-corrected chi connectivity index (χ0v) is 28.6. The van der Waals surface area contributed by atoms with Gasteiger partial charge in [-0.15, -0.1) is 0 Å². The number of Topliss-reactive ketones (excluding diaryl/α,β-unsaturated/α-hetero) is 1. The lowest BCUT2D eigenvalue weighted by Gasteiger charge is -2.69. The number of fused-ring (bicyclic) bond motifs is 7. The molecule has 5 aliphatic carbocycles. The molecule has 0 bridgehead atoms. The van der Waals surface area contributed by atoms with E-state index in [1.54, 1.807) is 0 Å². The van der Waals surface area contributed by atoms with Gasteiger partial charge in [0.15, 0.2) is 11.6 Å². The van der Waals surface area contributed by atoms with E-state index in [1.807, 2.05) is 26.8 Å². The molecule has 3 fully saturated rings. The van der Waals surface area contributed by atoms with Gasteiger partial charge < -0.3 is 10.1 Å². The van der Waals surface area contributed by atoms with Crippen LogP contribution >= 0.6 is 15.9 Å². The van der Waals surface area contributed by atoms with Gasteiger partial charge in [-0.3, -0.25) is 9.59 Å². The Hall–Kier alpha value is -1.43. The first-order chi connectivity index (χ1) is 18.6. The van der Waals surface area contributed by atoms with E-state index in [9.17, 15) is 14.4 Å². The van der Waals surface area contributed by atoms with Crippen LogP contribution in [-0.2, 0) is 14.3 Å². The molecule has 0 saturated heterocycles. The zero-order valence-electron chi connectivity index (χ0n) is 27.1. The molecule has 5 aliphatic rings. The number of halogens is 1. The summed E-state index contributed by atoms with van der Waals surface area (Å²) < 4.78 is 6.26. The van der Waals surface area contributed by atoms with Crippen molar-refractivity contribution in [2.75, 3.05) is 6.54 Å². The maximum absolute atomic E-state index is 14.6. The number of carbonyl (C=O) groups is 3. The van der Waals surface area contributed by atoms with E-state index in [2.05, 4.69) is 75.8 Å². The summed E-state index contributed by atoms with van der Waals surface area (Å²) in [5.74, 6) is 0.686. The maximum atomic E-state index is 14.6. The van der Waals surface area contributed by atoms with Crippen LogP contribution in [0, 0.1) is 50.2 Å². The molecule has 0 radical (unpaired) electrons. The van der Waals surface area contributed by atoms with E-state index < -0.39 is 11.0 Å². The van der Waals surface area contributed by atoms with E-state index in [0.717, 1.165) is 44.9 Å². The second kappa shape index (κ2) is 9.29. The molecule has 41 heavy (non-hydrogen) atoms. The molecular formula is C35H52BrNO4. The number of rotatable bonds is 2. The molecule has 0 spiro atoms. The number of amides is 1. The number of nitrogens with one attached hydrogen (secondary N) is 1. The Labute approximate surface area is 256 Å². The number of hydrogen-bond acceptors (Lipinski definition) is 4. The van der Waals surface area contributed by atoms with E-state index in [-0.39, 0.29) is 62.5 Å². The molecule has 0 aromatic carbocycles. The number of hydrogen-bond donors (Lipinski definition) is 1. The molecule has 5 nitrogen and oxygen atoms in total. The van der Waals surface area contributed by atoms with Crippen molar-refractivity contribution >= 4 is 33.6 Å². The fourth-order valence-electron chi connectivity index (χ4n) is 10.5. The van der Waals surface area contributed by atoms with Crippen molar-refractivity contribution in [3.05, 3.63) is 22.2 Å². The van der Waals surface area contributed by atoms with Crippen LogP contribution in [0.2, 0.25) is 0 Å². The molecule has 0 aliphatic heterocycles. The third-order valence-electron chi connectivity index (χ3n) is 12.9. The highest BCUT2D eigenvalue weighted by molar-refractivity contribution is 9.12. The fraction of sp³-hybridized carbons (Fsp3) is 0.800. The molecule has 6 heteroatoms. The minimum Gasteiger partial charge on any atom is -0.444 e. The second-order valence-corrected chi connectivity index (χ2v) is 18.2. The van der Waals surface area contributed by atoms with Crippen molar-refractivity contribution in [3.63, 3.8) is 0 Å². The predicted molar refractivity (Wildman–Crippen MR) is 166 cm³/mol. The van der Waals surface area contributed by atoms with Crippen LogP contribution in [0.1, 0.15) is 114 Å². The summed E-state index contributed by atoms with van der Waals surface area (Å²) in [5.41, 5.74) is -0.472. The van der Waals surface area contributed by atoms with Crippen LogP contribution in [0.15, 0.2) is 22.2 Å². The number of ether oxygens (including phenoxy) is 1. The standard InChI is InChI=1S/C35H52BrNO4/c1-29(2,3)41-28(40)37-20-35-15-13-30(4,5)18-21(35)26-23(38)17-25-32(8)19-22(36)27(39)31(6,7)24(32)11-12-33(25,9)34(26,10)14-16-35/h17,19,21,24,26H,11-16,18,20H2,1-10H3,(H,37,40)/t21-,24-,26-,32-,33+,34+,35+/m0/s1. The van der Waals surface area contributed by atoms with Crippen molar-refractivity contribution in [2.45, 2.75) is 120 Å².